The minimum atomic E-state index is -0.331. The molecule has 1 aromatic rings. The highest BCUT2D eigenvalue weighted by Crippen LogP contribution is 2.52. The van der Waals surface area contributed by atoms with E-state index in [0.717, 1.165) is 12.8 Å². The number of fused-ring (bicyclic) bond motifs is 1. The molecule has 100 valence electrons. The number of thioether (sulfide) groups is 1. The Morgan fingerprint density at radius 1 is 1.37 bits per heavy atom. The number of rotatable bonds is 3. The number of carbonyl (C=O) groups is 1. The van der Waals surface area contributed by atoms with E-state index in [4.69, 9.17) is 4.74 Å². The van der Waals surface area contributed by atoms with Gasteiger partial charge in [0.25, 0.3) is 5.91 Å². The van der Waals surface area contributed by atoms with Crippen molar-refractivity contribution >= 4 is 17.7 Å². The third kappa shape index (κ3) is 1.90. The number of ether oxygens (including phenoxy) is 1. The quantitative estimate of drug-likeness (QED) is 0.794. The fraction of sp³-hybridized carbons (Fsp3) is 0.400. The zero-order valence-corrected chi connectivity index (χ0v) is 11.9. The van der Waals surface area contributed by atoms with Crippen LogP contribution in [0.3, 0.4) is 0 Å². The van der Waals surface area contributed by atoms with Gasteiger partial charge in [0.15, 0.2) is 6.10 Å². The lowest BCUT2D eigenvalue weighted by molar-refractivity contribution is -0.170. The highest BCUT2D eigenvalue weighted by Gasteiger charge is 2.61. The Hall–Kier alpha value is -1.26. The first-order chi connectivity index (χ1) is 9.17. The summed E-state index contributed by atoms with van der Waals surface area (Å²) in [5.41, 5.74) is 1.26. The molecule has 3 nitrogen and oxygen atoms in total. The van der Waals surface area contributed by atoms with E-state index >= 15 is 0 Å². The van der Waals surface area contributed by atoms with Gasteiger partial charge in [-0.15, -0.1) is 0 Å². The van der Waals surface area contributed by atoms with Crippen LogP contribution in [-0.4, -0.2) is 28.9 Å². The Balaban J connectivity index is 1.93. The summed E-state index contributed by atoms with van der Waals surface area (Å²) in [5, 5.41) is 0. The Bertz CT molecular complexity index is 528. The molecule has 0 bridgehead atoms. The van der Waals surface area contributed by atoms with Crippen molar-refractivity contribution < 1.29 is 9.53 Å². The highest BCUT2D eigenvalue weighted by molar-refractivity contribution is 8.00. The van der Waals surface area contributed by atoms with E-state index in [1.54, 1.807) is 18.9 Å². The molecule has 1 saturated heterocycles. The van der Waals surface area contributed by atoms with Crippen LogP contribution in [0.15, 0.2) is 47.0 Å². The Kier molecular flexibility index (Phi) is 3.15. The second kappa shape index (κ2) is 4.69. The van der Waals surface area contributed by atoms with Gasteiger partial charge in [0.05, 0.1) is 0 Å². The van der Waals surface area contributed by atoms with Gasteiger partial charge in [0.1, 0.15) is 4.87 Å². The topological polar surface area (TPSA) is 29.5 Å². The van der Waals surface area contributed by atoms with Crippen LogP contribution in [0.2, 0.25) is 0 Å². The van der Waals surface area contributed by atoms with E-state index in [2.05, 4.69) is 19.1 Å². The molecule has 1 aromatic carbocycles. The number of nitrogens with zero attached hydrogens (tertiary/aromatic N) is 1. The van der Waals surface area contributed by atoms with Crippen LogP contribution in [0.4, 0.5) is 0 Å². The normalized spacial score (nSPS) is 29.6. The van der Waals surface area contributed by atoms with Crippen LogP contribution in [-0.2, 0) is 9.53 Å². The van der Waals surface area contributed by atoms with Crippen molar-refractivity contribution in [2.24, 2.45) is 0 Å². The SMILES string of the molecule is COC1C(=O)N2C=C(C)CCC12Sc1ccccc1. The lowest BCUT2D eigenvalue weighted by Gasteiger charge is -2.56. The average Bonchev–Trinajstić information content (AvgIpc) is 2.43. The predicted molar refractivity (Wildman–Crippen MR) is 75.7 cm³/mol. The number of hydrogen-bond donors (Lipinski definition) is 0. The van der Waals surface area contributed by atoms with E-state index in [-0.39, 0.29) is 16.9 Å². The summed E-state index contributed by atoms with van der Waals surface area (Å²) in [5.74, 6) is 0.0741. The van der Waals surface area contributed by atoms with Crippen LogP contribution >= 0.6 is 11.8 Å². The summed E-state index contributed by atoms with van der Waals surface area (Å²) in [7, 11) is 1.62. The molecule has 2 unspecified atom stereocenters. The van der Waals surface area contributed by atoms with Crippen LogP contribution in [0.5, 0.6) is 0 Å². The number of carbonyl (C=O) groups excluding carboxylic acids is 1. The number of hydrogen-bond acceptors (Lipinski definition) is 3. The average molecular weight is 275 g/mol. The van der Waals surface area contributed by atoms with Gasteiger partial charge in [-0.25, -0.2) is 0 Å². The van der Waals surface area contributed by atoms with Gasteiger partial charge in [-0.3, -0.25) is 9.69 Å². The summed E-state index contributed by atoms with van der Waals surface area (Å²) in [6, 6.07) is 10.2. The first kappa shape index (κ1) is 12.8. The van der Waals surface area contributed by atoms with Gasteiger partial charge in [-0.2, -0.15) is 0 Å². The first-order valence-electron chi connectivity index (χ1n) is 6.45. The van der Waals surface area contributed by atoms with Crippen LogP contribution in [0.25, 0.3) is 0 Å². The van der Waals surface area contributed by atoms with Crippen molar-refractivity contribution in [2.75, 3.05) is 7.11 Å². The summed E-state index contributed by atoms with van der Waals surface area (Å²) in [6.45, 7) is 2.07. The summed E-state index contributed by atoms with van der Waals surface area (Å²) < 4.78 is 5.44. The molecule has 1 amide bonds. The summed E-state index contributed by atoms with van der Waals surface area (Å²) >= 11 is 1.74. The van der Waals surface area contributed by atoms with Crippen LogP contribution < -0.4 is 0 Å². The molecule has 2 aliphatic rings. The molecule has 19 heavy (non-hydrogen) atoms. The predicted octanol–water partition coefficient (Wildman–Crippen LogP) is 3.03. The number of methoxy groups -OCH3 is 1. The molecule has 2 aliphatic heterocycles. The van der Waals surface area contributed by atoms with Crippen molar-refractivity contribution in [3.8, 4) is 0 Å². The number of benzene rings is 1. The summed E-state index contributed by atoms with van der Waals surface area (Å²) in [6.07, 6.45) is 3.61. The molecule has 4 heteroatoms. The fourth-order valence-corrected chi connectivity index (χ4v) is 4.23. The Morgan fingerprint density at radius 2 is 2.11 bits per heavy atom. The Morgan fingerprint density at radius 3 is 2.79 bits per heavy atom. The van der Waals surface area contributed by atoms with Crippen LogP contribution in [0, 0.1) is 0 Å². The van der Waals surface area contributed by atoms with Gasteiger partial charge in [-0.1, -0.05) is 35.5 Å². The van der Waals surface area contributed by atoms with Crippen molar-refractivity contribution in [1.82, 2.24) is 4.90 Å². The zero-order chi connectivity index (χ0) is 13.5. The van der Waals surface area contributed by atoms with Gasteiger partial charge in [0.2, 0.25) is 0 Å². The molecule has 0 spiro atoms. The molecule has 2 heterocycles. The lowest BCUT2D eigenvalue weighted by Crippen LogP contribution is -2.72. The molecule has 0 saturated carbocycles. The molecule has 1 fully saturated rings. The summed E-state index contributed by atoms with van der Waals surface area (Å²) in [4.78, 5) is 14.9. The van der Waals surface area contributed by atoms with Crippen molar-refractivity contribution in [1.29, 1.82) is 0 Å². The number of β-lactam (4-membered cyclic amide) rings is 1. The first-order valence-corrected chi connectivity index (χ1v) is 7.26. The minimum Gasteiger partial charge on any atom is -0.368 e. The third-order valence-corrected chi connectivity index (χ3v) is 5.26. The van der Waals surface area contributed by atoms with Crippen LogP contribution in [0.1, 0.15) is 19.8 Å². The van der Waals surface area contributed by atoms with Gasteiger partial charge in [0, 0.05) is 18.2 Å². The zero-order valence-electron chi connectivity index (χ0n) is 11.1. The molecule has 0 aliphatic carbocycles. The molecular weight excluding hydrogens is 258 g/mol. The van der Waals surface area contributed by atoms with E-state index in [1.165, 1.54) is 10.5 Å². The van der Waals surface area contributed by atoms with Gasteiger partial charge >= 0.3 is 0 Å². The minimum absolute atomic E-state index is 0.0741. The highest BCUT2D eigenvalue weighted by atomic mass is 32.2. The molecule has 0 radical (unpaired) electrons. The maximum atomic E-state index is 12.1. The number of allylic oxidation sites excluding steroid dienone is 1. The van der Waals surface area contributed by atoms with E-state index in [9.17, 15) is 4.79 Å². The molecule has 3 rings (SSSR count). The van der Waals surface area contributed by atoms with E-state index in [1.807, 2.05) is 29.3 Å². The largest absolute Gasteiger partial charge is 0.368 e. The van der Waals surface area contributed by atoms with Crippen molar-refractivity contribution in [3.05, 3.63) is 42.1 Å². The second-order valence-corrected chi connectivity index (χ2v) is 6.44. The molecule has 0 N–H and O–H groups in total. The smallest absolute Gasteiger partial charge is 0.260 e. The fourth-order valence-electron chi connectivity index (χ4n) is 2.78. The lowest BCUT2D eigenvalue weighted by atomic mass is 9.88. The van der Waals surface area contributed by atoms with E-state index in [0.29, 0.717) is 0 Å². The molecule has 2 atom stereocenters. The number of amides is 1. The van der Waals surface area contributed by atoms with E-state index < -0.39 is 0 Å². The maximum Gasteiger partial charge on any atom is 0.260 e. The maximum absolute atomic E-state index is 12.1. The Labute approximate surface area is 117 Å². The van der Waals surface area contributed by atoms with Gasteiger partial charge < -0.3 is 4.74 Å². The third-order valence-electron chi connectivity index (χ3n) is 3.78. The second-order valence-electron chi connectivity index (χ2n) is 5.06. The molecule has 0 aromatic heterocycles. The standard InChI is InChI=1S/C15H17NO2S/c1-11-8-9-15(19-12-6-4-3-5-7-12)13(18-2)14(17)16(15)10-11/h3-7,10,13H,8-9H2,1-2H3. The van der Waals surface area contributed by atoms with Crippen molar-refractivity contribution in [2.45, 2.75) is 35.6 Å². The molecular formula is C15H17NO2S. The van der Waals surface area contributed by atoms with Gasteiger partial charge in [-0.05, 0) is 31.9 Å². The van der Waals surface area contributed by atoms with Crippen molar-refractivity contribution in [3.63, 3.8) is 0 Å². The monoisotopic (exact) mass is 275 g/mol.